The molecule has 4 rings (SSSR count). The Hall–Kier alpha value is -2.07. The van der Waals surface area contributed by atoms with Crippen LogP contribution >= 0.6 is 0 Å². The molecule has 1 saturated carbocycles. The standard InChI is InChI=1S/C19H21NO3/c21-19(22)15-2-1-14-12-18(6-3-13(14)11-15)23-17-7-9-20(10-8-17)16-4-5-16/h1-3,6,11-12,16-17H,4-5,7-10H2,(H,21,22). The minimum absolute atomic E-state index is 0.292. The lowest BCUT2D eigenvalue weighted by Gasteiger charge is -2.32. The van der Waals surface area contributed by atoms with Gasteiger partial charge in [-0.1, -0.05) is 12.1 Å². The molecule has 1 saturated heterocycles. The Bertz CT molecular complexity index is 730. The molecule has 0 unspecified atom stereocenters. The SMILES string of the molecule is O=C(O)c1ccc2cc(OC3CCN(C4CC4)CC3)ccc2c1. The minimum Gasteiger partial charge on any atom is -0.490 e. The first-order valence-electron chi connectivity index (χ1n) is 8.37. The van der Waals surface area contributed by atoms with Crippen molar-refractivity contribution in [3.05, 3.63) is 42.0 Å². The van der Waals surface area contributed by atoms with Crippen LogP contribution in [0.25, 0.3) is 10.8 Å². The van der Waals surface area contributed by atoms with Crippen LogP contribution in [-0.2, 0) is 0 Å². The number of carboxylic acids is 1. The maximum absolute atomic E-state index is 11.0. The number of hydrogen-bond acceptors (Lipinski definition) is 3. The van der Waals surface area contributed by atoms with Gasteiger partial charge in [-0.05, 0) is 60.7 Å². The molecule has 120 valence electrons. The lowest BCUT2D eigenvalue weighted by atomic mass is 10.1. The van der Waals surface area contributed by atoms with Crippen LogP contribution in [0.5, 0.6) is 5.75 Å². The average Bonchev–Trinajstić information content (AvgIpc) is 3.40. The highest BCUT2D eigenvalue weighted by atomic mass is 16.5. The Morgan fingerprint density at radius 2 is 1.70 bits per heavy atom. The molecule has 23 heavy (non-hydrogen) atoms. The summed E-state index contributed by atoms with van der Waals surface area (Å²) >= 11 is 0. The second-order valence-electron chi connectivity index (χ2n) is 6.61. The quantitative estimate of drug-likeness (QED) is 0.938. The summed E-state index contributed by atoms with van der Waals surface area (Å²) in [6.07, 6.45) is 5.21. The van der Waals surface area contributed by atoms with E-state index in [0.717, 1.165) is 48.5 Å². The molecule has 2 aromatic carbocycles. The number of benzene rings is 2. The number of rotatable bonds is 4. The van der Waals surface area contributed by atoms with Gasteiger partial charge < -0.3 is 14.7 Å². The second kappa shape index (κ2) is 5.85. The van der Waals surface area contributed by atoms with E-state index < -0.39 is 5.97 Å². The molecule has 2 aliphatic rings. The monoisotopic (exact) mass is 311 g/mol. The predicted molar refractivity (Wildman–Crippen MR) is 89.2 cm³/mol. The summed E-state index contributed by atoms with van der Waals surface area (Å²) in [7, 11) is 0. The maximum Gasteiger partial charge on any atom is 0.335 e. The van der Waals surface area contributed by atoms with Crippen LogP contribution in [0, 0.1) is 0 Å². The normalized spacial score (nSPS) is 19.8. The number of ether oxygens (including phenoxy) is 1. The Morgan fingerprint density at radius 3 is 2.39 bits per heavy atom. The summed E-state index contributed by atoms with van der Waals surface area (Å²) < 4.78 is 6.15. The highest BCUT2D eigenvalue weighted by Crippen LogP contribution is 2.31. The molecule has 1 N–H and O–H groups in total. The minimum atomic E-state index is -0.894. The van der Waals surface area contributed by atoms with Gasteiger partial charge in [-0.2, -0.15) is 0 Å². The van der Waals surface area contributed by atoms with Crippen LogP contribution < -0.4 is 4.74 Å². The summed E-state index contributed by atoms with van der Waals surface area (Å²) in [5, 5.41) is 11.0. The third kappa shape index (κ3) is 3.17. The highest BCUT2D eigenvalue weighted by Gasteiger charge is 2.32. The number of aromatic carboxylic acids is 1. The summed E-state index contributed by atoms with van der Waals surface area (Å²) in [4.78, 5) is 13.6. The second-order valence-corrected chi connectivity index (χ2v) is 6.61. The number of hydrogen-bond donors (Lipinski definition) is 1. The Balaban J connectivity index is 1.44. The number of piperidine rings is 1. The molecule has 0 bridgehead atoms. The van der Waals surface area contributed by atoms with E-state index in [4.69, 9.17) is 9.84 Å². The maximum atomic E-state index is 11.0. The van der Waals surface area contributed by atoms with Gasteiger partial charge in [0.2, 0.25) is 0 Å². The summed E-state index contributed by atoms with van der Waals surface area (Å²) in [5.41, 5.74) is 0.318. The molecule has 0 spiro atoms. The van der Waals surface area contributed by atoms with Crippen LogP contribution in [0.4, 0.5) is 0 Å². The fourth-order valence-corrected chi connectivity index (χ4v) is 3.42. The van der Waals surface area contributed by atoms with E-state index in [9.17, 15) is 4.79 Å². The molecule has 1 aliphatic carbocycles. The molecular weight excluding hydrogens is 290 g/mol. The molecule has 0 aromatic heterocycles. The van der Waals surface area contributed by atoms with Crippen LogP contribution in [0.2, 0.25) is 0 Å². The number of fused-ring (bicyclic) bond motifs is 1. The molecule has 1 heterocycles. The molecular formula is C19H21NO3. The van der Waals surface area contributed by atoms with Crippen molar-refractivity contribution >= 4 is 16.7 Å². The molecule has 2 aromatic rings. The van der Waals surface area contributed by atoms with Crippen molar-refractivity contribution in [1.82, 2.24) is 4.90 Å². The van der Waals surface area contributed by atoms with Gasteiger partial charge in [-0.3, -0.25) is 0 Å². The zero-order valence-corrected chi connectivity index (χ0v) is 13.1. The lowest BCUT2D eigenvalue weighted by molar-refractivity contribution is 0.0697. The van der Waals surface area contributed by atoms with E-state index in [1.54, 1.807) is 12.1 Å². The fraction of sp³-hybridized carbons (Fsp3) is 0.421. The van der Waals surface area contributed by atoms with Crippen molar-refractivity contribution in [2.24, 2.45) is 0 Å². The largest absolute Gasteiger partial charge is 0.490 e. The van der Waals surface area contributed by atoms with Gasteiger partial charge in [0.25, 0.3) is 0 Å². The van der Waals surface area contributed by atoms with E-state index in [0.29, 0.717) is 11.7 Å². The zero-order chi connectivity index (χ0) is 15.8. The van der Waals surface area contributed by atoms with Crippen molar-refractivity contribution in [1.29, 1.82) is 0 Å². The van der Waals surface area contributed by atoms with Crippen molar-refractivity contribution in [3.63, 3.8) is 0 Å². The van der Waals surface area contributed by atoms with Gasteiger partial charge in [0, 0.05) is 19.1 Å². The van der Waals surface area contributed by atoms with E-state index in [-0.39, 0.29) is 0 Å². The molecule has 0 atom stereocenters. The van der Waals surface area contributed by atoms with Gasteiger partial charge in [-0.25, -0.2) is 4.79 Å². The number of carbonyl (C=O) groups is 1. The number of nitrogens with zero attached hydrogens (tertiary/aromatic N) is 1. The van der Waals surface area contributed by atoms with Gasteiger partial charge >= 0.3 is 5.97 Å². The molecule has 2 fully saturated rings. The number of carboxylic acid groups (broad SMARTS) is 1. The smallest absolute Gasteiger partial charge is 0.335 e. The summed E-state index contributed by atoms with van der Waals surface area (Å²) in [5.74, 6) is -0.0138. The van der Waals surface area contributed by atoms with Crippen molar-refractivity contribution < 1.29 is 14.6 Å². The molecule has 4 heteroatoms. The number of likely N-dealkylation sites (tertiary alicyclic amines) is 1. The lowest BCUT2D eigenvalue weighted by Crippen LogP contribution is -2.39. The van der Waals surface area contributed by atoms with Crippen LogP contribution in [-0.4, -0.2) is 41.2 Å². The average molecular weight is 311 g/mol. The van der Waals surface area contributed by atoms with E-state index in [1.807, 2.05) is 24.3 Å². The van der Waals surface area contributed by atoms with Gasteiger partial charge in [0.15, 0.2) is 0 Å². The molecule has 0 amide bonds. The van der Waals surface area contributed by atoms with E-state index in [1.165, 1.54) is 12.8 Å². The topological polar surface area (TPSA) is 49.8 Å². The fourth-order valence-electron chi connectivity index (χ4n) is 3.42. The molecule has 1 aliphatic heterocycles. The van der Waals surface area contributed by atoms with Crippen molar-refractivity contribution in [3.8, 4) is 5.75 Å². The van der Waals surface area contributed by atoms with Crippen LogP contribution in [0.1, 0.15) is 36.0 Å². The van der Waals surface area contributed by atoms with Crippen molar-refractivity contribution in [2.45, 2.75) is 37.8 Å². The Kier molecular flexibility index (Phi) is 3.69. The third-order valence-electron chi connectivity index (χ3n) is 4.90. The van der Waals surface area contributed by atoms with E-state index in [2.05, 4.69) is 4.90 Å². The van der Waals surface area contributed by atoms with E-state index >= 15 is 0 Å². The zero-order valence-electron chi connectivity index (χ0n) is 13.1. The van der Waals surface area contributed by atoms with Gasteiger partial charge in [0.1, 0.15) is 11.9 Å². The van der Waals surface area contributed by atoms with Crippen LogP contribution in [0.3, 0.4) is 0 Å². The first-order valence-corrected chi connectivity index (χ1v) is 8.37. The third-order valence-corrected chi connectivity index (χ3v) is 4.90. The predicted octanol–water partition coefficient (Wildman–Crippen LogP) is 3.54. The Morgan fingerprint density at radius 1 is 1.00 bits per heavy atom. The van der Waals surface area contributed by atoms with Gasteiger partial charge in [0.05, 0.1) is 5.56 Å². The summed E-state index contributed by atoms with van der Waals surface area (Å²) in [6, 6.07) is 11.9. The highest BCUT2D eigenvalue weighted by molar-refractivity contribution is 5.94. The van der Waals surface area contributed by atoms with Crippen LogP contribution in [0.15, 0.2) is 36.4 Å². The molecule has 0 radical (unpaired) electrons. The first kappa shape index (κ1) is 14.5. The van der Waals surface area contributed by atoms with Crippen molar-refractivity contribution in [2.75, 3.05) is 13.1 Å². The molecule has 4 nitrogen and oxygen atoms in total. The first-order chi connectivity index (χ1) is 11.2. The van der Waals surface area contributed by atoms with Gasteiger partial charge in [-0.15, -0.1) is 0 Å². The summed E-state index contributed by atoms with van der Waals surface area (Å²) in [6.45, 7) is 2.29. The Labute approximate surface area is 135 Å².